The van der Waals surface area contributed by atoms with E-state index < -0.39 is 0 Å². The number of hydrogen-bond donors (Lipinski definition) is 1. The van der Waals surface area contributed by atoms with Gasteiger partial charge in [-0.3, -0.25) is 10.1 Å². The first kappa shape index (κ1) is 12.7. The van der Waals surface area contributed by atoms with Gasteiger partial charge >= 0.3 is 0 Å². The minimum absolute atomic E-state index is 0.305. The van der Waals surface area contributed by atoms with Crippen molar-refractivity contribution >= 4 is 23.3 Å². The molecule has 0 spiro atoms. The van der Waals surface area contributed by atoms with Gasteiger partial charge in [0.2, 0.25) is 11.9 Å². The maximum atomic E-state index is 11.3. The molecule has 1 amide bonds. The number of carbonyl (C=O) groups is 1. The summed E-state index contributed by atoms with van der Waals surface area (Å²) < 4.78 is 1.78. The number of aromatic nitrogens is 3. The number of fused-ring (bicyclic) bond motifs is 1. The third-order valence-corrected chi connectivity index (χ3v) is 3.44. The predicted molar refractivity (Wildman–Crippen MR) is 77.9 cm³/mol. The van der Waals surface area contributed by atoms with Gasteiger partial charge in [-0.2, -0.15) is 9.50 Å². The van der Waals surface area contributed by atoms with E-state index in [4.69, 9.17) is 0 Å². The second-order valence-electron chi connectivity index (χ2n) is 4.83. The lowest BCUT2D eigenvalue weighted by Gasteiger charge is -2.28. The van der Waals surface area contributed by atoms with Crippen LogP contribution in [0.5, 0.6) is 0 Å². The average Bonchev–Trinajstić information content (AvgIpc) is 2.90. The Bertz CT molecular complexity index is 642. The van der Waals surface area contributed by atoms with Crippen LogP contribution in [0.25, 0.3) is 5.65 Å². The smallest absolute Gasteiger partial charge is 0.250 e. The van der Waals surface area contributed by atoms with Gasteiger partial charge in [-0.05, 0) is 37.5 Å². The first-order chi connectivity index (χ1) is 9.78. The van der Waals surface area contributed by atoms with Gasteiger partial charge in [0.15, 0.2) is 5.65 Å². The highest BCUT2D eigenvalue weighted by Gasteiger charge is 2.15. The molecular formula is C14H17N5O. The lowest BCUT2D eigenvalue weighted by atomic mass is 10.1. The van der Waals surface area contributed by atoms with E-state index in [0.717, 1.165) is 24.6 Å². The molecule has 0 saturated carbocycles. The Morgan fingerprint density at radius 3 is 2.85 bits per heavy atom. The normalized spacial score (nSPS) is 15.3. The summed E-state index contributed by atoms with van der Waals surface area (Å²) in [6.45, 7) is 5.49. The summed E-state index contributed by atoms with van der Waals surface area (Å²) in [4.78, 5) is 17.9. The molecule has 2 aromatic heterocycles. The van der Waals surface area contributed by atoms with E-state index in [1.54, 1.807) is 4.52 Å². The highest BCUT2D eigenvalue weighted by molar-refractivity contribution is 5.97. The van der Waals surface area contributed by atoms with Crippen molar-refractivity contribution in [3.05, 3.63) is 30.9 Å². The first-order valence-electron chi connectivity index (χ1n) is 6.82. The maximum Gasteiger partial charge on any atom is 0.250 e. The van der Waals surface area contributed by atoms with Gasteiger partial charge < -0.3 is 4.90 Å². The standard InChI is InChI=1S/C14H17N5O/c1-2-12(20)16-14-15-11-7-6-8-13(19(11)17-14)18-9-4-3-5-10-18/h2,6-8H,1,3-5,9-10H2,(H,16,17,20). The Kier molecular flexibility index (Phi) is 3.37. The molecule has 3 rings (SSSR count). The molecule has 0 radical (unpaired) electrons. The lowest BCUT2D eigenvalue weighted by molar-refractivity contribution is -0.111. The van der Waals surface area contributed by atoms with Crippen molar-refractivity contribution in [3.8, 4) is 0 Å². The quantitative estimate of drug-likeness (QED) is 0.865. The zero-order chi connectivity index (χ0) is 13.9. The molecule has 0 atom stereocenters. The van der Waals surface area contributed by atoms with Gasteiger partial charge in [0.1, 0.15) is 5.82 Å². The number of piperidine rings is 1. The van der Waals surface area contributed by atoms with Crippen LogP contribution in [0.1, 0.15) is 19.3 Å². The van der Waals surface area contributed by atoms with E-state index in [1.165, 1.54) is 25.3 Å². The molecule has 20 heavy (non-hydrogen) atoms. The molecular weight excluding hydrogens is 254 g/mol. The number of pyridine rings is 1. The molecule has 1 aliphatic rings. The van der Waals surface area contributed by atoms with Crippen LogP contribution in [-0.2, 0) is 4.79 Å². The fourth-order valence-corrected chi connectivity index (χ4v) is 2.47. The van der Waals surface area contributed by atoms with Crippen LogP contribution in [0.4, 0.5) is 11.8 Å². The van der Waals surface area contributed by atoms with Crippen molar-refractivity contribution < 1.29 is 4.79 Å². The molecule has 1 saturated heterocycles. The first-order valence-corrected chi connectivity index (χ1v) is 6.82. The van der Waals surface area contributed by atoms with Crippen LogP contribution in [0.2, 0.25) is 0 Å². The van der Waals surface area contributed by atoms with Crippen molar-refractivity contribution in [2.75, 3.05) is 23.3 Å². The van der Waals surface area contributed by atoms with Crippen molar-refractivity contribution in [2.24, 2.45) is 0 Å². The van der Waals surface area contributed by atoms with Crippen molar-refractivity contribution in [1.29, 1.82) is 0 Å². The van der Waals surface area contributed by atoms with E-state index >= 15 is 0 Å². The predicted octanol–water partition coefficient (Wildman–Crippen LogP) is 1.84. The Labute approximate surface area is 117 Å². The number of anilines is 2. The summed E-state index contributed by atoms with van der Waals surface area (Å²) in [5.74, 6) is 1.02. The molecule has 0 aliphatic carbocycles. The zero-order valence-corrected chi connectivity index (χ0v) is 11.2. The fourth-order valence-electron chi connectivity index (χ4n) is 2.47. The Morgan fingerprint density at radius 2 is 2.10 bits per heavy atom. The molecule has 6 heteroatoms. The second kappa shape index (κ2) is 5.32. The molecule has 1 fully saturated rings. The third-order valence-electron chi connectivity index (χ3n) is 3.44. The highest BCUT2D eigenvalue weighted by Crippen LogP contribution is 2.21. The molecule has 6 nitrogen and oxygen atoms in total. The minimum Gasteiger partial charge on any atom is -0.357 e. The zero-order valence-electron chi connectivity index (χ0n) is 11.2. The van der Waals surface area contributed by atoms with Crippen LogP contribution >= 0.6 is 0 Å². The summed E-state index contributed by atoms with van der Waals surface area (Å²) in [6.07, 6.45) is 4.89. The molecule has 0 bridgehead atoms. The van der Waals surface area contributed by atoms with Crippen LogP contribution in [0.3, 0.4) is 0 Å². The van der Waals surface area contributed by atoms with E-state index in [0.29, 0.717) is 5.95 Å². The van der Waals surface area contributed by atoms with Crippen LogP contribution in [-0.4, -0.2) is 33.6 Å². The number of carbonyl (C=O) groups excluding carboxylic acids is 1. The van der Waals surface area contributed by atoms with Gasteiger partial charge in [0.05, 0.1) is 0 Å². The summed E-state index contributed by atoms with van der Waals surface area (Å²) in [6, 6.07) is 5.88. The molecule has 2 aromatic rings. The Morgan fingerprint density at radius 1 is 1.30 bits per heavy atom. The van der Waals surface area contributed by atoms with Crippen molar-refractivity contribution in [1.82, 2.24) is 14.6 Å². The SMILES string of the molecule is C=CC(=O)Nc1nc2cccc(N3CCCCC3)n2n1. The average molecular weight is 271 g/mol. The number of nitrogens with zero attached hydrogens (tertiary/aromatic N) is 4. The molecule has 104 valence electrons. The topological polar surface area (TPSA) is 62.5 Å². The lowest BCUT2D eigenvalue weighted by Crippen LogP contribution is -2.31. The monoisotopic (exact) mass is 271 g/mol. The summed E-state index contributed by atoms with van der Waals surface area (Å²) in [5.41, 5.74) is 0.729. The highest BCUT2D eigenvalue weighted by atomic mass is 16.1. The number of hydrogen-bond acceptors (Lipinski definition) is 4. The summed E-state index contributed by atoms with van der Waals surface area (Å²) >= 11 is 0. The summed E-state index contributed by atoms with van der Waals surface area (Å²) in [5, 5.41) is 6.95. The van der Waals surface area contributed by atoms with E-state index in [2.05, 4.69) is 26.9 Å². The maximum absolute atomic E-state index is 11.3. The number of nitrogens with one attached hydrogen (secondary N) is 1. The van der Waals surface area contributed by atoms with E-state index in [1.807, 2.05) is 18.2 Å². The molecule has 1 aliphatic heterocycles. The van der Waals surface area contributed by atoms with Crippen molar-refractivity contribution in [2.45, 2.75) is 19.3 Å². The van der Waals surface area contributed by atoms with Gasteiger partial charge in [-0.25, -0.2) is 0 Å². The van der Waals surface area contributed by atoms with Crippen molar-refractivity contribution in [3.63, 3.8) is 0 Å². The van der Waals surface area contributed by atoms with Gasteiger partial charge in [0, 0.05) is 13.1 Å². The minimum atomic E-state index is -0.305. The summed E-state index contributed by atoms with van der Waals surface area (Å²) in [7, 11) is 0. The van der Waals surface area contributed by atoms with E-state index in [9.17, 15) is 4.79 Å². The van der Waals surface area contributed by atoms with Crippen LogP contribution in [0, 0.1) is 0 Å². The third kappa shape index (κ3) is 2.36. The van der Waals surface area contributed by atoms with Crippen LogP contribution < -0.4 is 10.2 Å². The van der Waals surface area contributed by atoms with Gasteiger partial charge in [-0.15, -0.1) is 5.10 Å². The van der Waals surface area contributed by atoms with Gasteiger partial charge in [-0.1, -0.05) is 12.6 Å². The number of amides is 1. The largest absolute Gasteiger partial charge is 0.357 e. The Balaban J connectivity index is 1.96. The van der Waals surface area contributed by atoms with E-state index in [-0.39, 0.29) is 5.91 Å². The molecule has 1 N–H and O–H groups in total. The van der Waals surface area contributed by atoms with Crippen LogP contribution in [0.15, 0.2) is 30.9 Å². The Hall–Kier alpha value is -2.37. The second-order valence-corrected chi connectivity index (χ2v) is 4.83. The number of rotatable bonds is 3. The fraction of sp³-hybridized carbons (Fsp3) is 0.357. The van der Waals surface area contributed by atoms with Gasteiger partial charge in [0.25, 0.3) is 0 Å². The molecule has 3 heterocycles. The molecule has 0 unspecified atom stereocenters. The molecule has 0 aromatic carbocycles.